The number of hydrogen-bond acceptors (Lipinski definition) is 4. The number of hydrogen-bond donors (Lipinski definition) is 1. The average molecular weight is 359 g/mol. The predicted molar refractivity (Wildman–Crippen MR) is 101 cm³/mol. The van der Waals surface area contributed by atoms with E-state index in [1.807, 2.05) is 36.7 Å². The number of para-hydroxylation sites is 1. The fraction of sp³-hybridized carbons (Fsp3) is 0.526. The smallest absolute Gasteiger partial charge is 0.230 e. The summed E-state index contributed by atoms with van der Waals surface area (Å²) in [6, 6.07) is 10.3. The minimum absolute atomic E-state index is 0.0234. The summed E-state index contributed by atoms with van der Waals surface area (Å²) in [5.41, 5.74) is 1.04. The van der Waals surface area contributed by atoms with Crippen molar-refractivity contribution in [2.24, 2.45) is 0 Å². The van der Waals surface area contributed by atoms with E-state index >= 15 is 0 Å². The lowest BCUT2D eigenvalue weighted by Gasteiger charge is -2.21. The second-order valence-electron chi connectivity index (χ2n) is 6.85. The van der Waals surface area contributed by atoms with Crippen LogP contribution in [0.1, 0.15) is 57.7 Å². The van der Waals surface area contributed by atoms with Crippen molar-refractivity contribution < 1.29 is 4.79 Å². The maximum Gasteiger partial charge on any atom is 0.230 e. The first-order valence-corrected chi connectivity index (χ1v) is 10.1. The Hall–Kier alpha value is -1.82. The van der Waals surface area contributed by atoms with Crippen LogP contribution in [0.4, 0.5) is 0 Å². The van der Waals surface area contributed by atoms with Gasteiger partial charge >= 0.3 is 0 Å². The molecular formula is C19H26N4OS. The molecule has 1 N–H and O–H groups in total. The van der Waals surface area contributed by atoms with Crippen LogP contribution in [0.5, 0.6) is 0 Å². The lowest BCUT2D eigenvalue weighted by atomic mass is 9.88. The van der Waals surface area contributed by atoms with Crippen LogP contribution in [0.2, 0.25) is 0 Å². The molecule has 1 saturated carbocycles. The van der Waals surface area contributed by atoms with Crippen molar-refractivity contribution in [3.8, 4) is 5.69 Å². The maximum absolute atomic E-state index is 11.9. The number of amides is 1. The molecule has 5 nitrogen and oxygen atoms in total. The lowest BCUT2D eigenvalue weighted by Crippen LogP contribution is -2.31. The van der Waals surface area contributed by atoms with Crippen LogP contribution in [0.15, 0.2) is 35.5 Å². The van der Waals surface area contributed by atoms with E-state index in [9.17, 15) is 4.79 Å². The lowest BCUT2D eigenvalue weighted by molar-refractivity contribution is -0.119. The molecule has 25 heavy (non-hydrogen) atoms. The van der Waals surface area contributed by atoms with Gasteiger partial charge in [-0.05, 0) is 38.8 Å². The zero-order valence-electron chi connectivity index (χ0n) is 14.9. The van der Waals surface area contributed by atoms with Gasteiger partial charge in [-0.25, -0.2) is 9.67 Å². The van der Waals surface area contributed by atoms with Gasteiger partial charge in [-0.2, -0.15) is 0 Å². The molecule has 3 rings (SSSR count). The fourth-order valence-corrected chi connectivity index (χ4v) is 3.88. The SMILES string of the molecule is CC(C)NC(=O)CSc1nc(C2CCCCC2)n(-c2ccccc2)n1. The molecule has 0 radical (unpaired) electrons. The zero-order chi connectivity index (χ0) is 17.6. The van der Waals surface area contributed by atoms with Crippen molar-refractivity contribution in [3.05, 3.63) is 36.2 Å². The molecule has 0 aliphatic heterocycles. The van der Waals surface area contributed by atoms with Crippen LogP contribution in [-0.2, 0) is 4.79 Å². The third-order valence-electron chi connectivity index (χ3n) is 4.37. The third-order valence-corrected chi connectivity index (χ3v) is 5.20. The molecule has 1 aromatic heterocycles. The van der Waals surface area contributed by atoms with Crippen LogP contribution >= 0.6 is 11.8 Å². The molecule has 1 aromatic carbocycles. The number of benzene rings is 1. The van der Waals surface area contributed by atoms with Crippen molar-refractivity contribution in [3.63, 3.8) is 0 Å². The minimum atomic E-state index is 0.0234. The Kier molecular flexibility index (Phi) is 6.13. The van der Waals surface area contributed by atoms with E-state index in [1.165, 1.54) is 43.9 Å². The monoisotopic (exact) mass is 358 g/mol. The number of carbonyl (C=O) groups excluding carboxylic acids is 1. The van der Waals surface area contributed by atoms with Gasteiger partial charge in [0.2, 0.25) is 11.1 Å². The molecule has 0 bridgehead atoms. The van der Waals surface area contributed by atoms with Gasteiger partial charge in [-0.3, -0.25) is 4.79 Å². The summed E-state index contributed by atoms with van der Waals surface area (Å²) in [6.07, 6.45) is 6.16. The summed E-state index contributed by atoms with van der Waals surface area (Å²) in [7, 11) is 0. The number of nitrogens with zero attached hydrogens (tertiary/aromatic N) is 3. The van der Waals surface area contributed by atoms with E-state index in [0.29, 0.717) is 16.8 Å². The Morgan fingerprint density at radius 1 is 1.24 bits per heavy atom. The Morgan fingerprint density at radius 2 is 1.96 bits per heavy atom. The van der Waals surface area contributed by atoms with E-state index in [-0.39, 0.29) is 11.9 Å². The fourth-order valence-electron chi connectivity index (χ4n) is 3.24. The van der Waals surface area contributed by atoms with Crippen molar-refractivity contribution >= 4 is 17.7 Å². The number of carbonyl (C=O) groups is 1. The Bertz CT molecular complexity index is 693. The summed E-state index contributed by atoms with van der Waals surface area (Å²) in [4.78, 5) is 16.7. The first-order chi connectivity index (χ1) is 12.1. The largest absolute Gasteiger partial charge is 0.353 e. The Labute approximate surface area is 153 Å². The molecule has 0 saturated heterocycles. The van der Waals surface area contributed by atoms with Crippen LogP contribution in [0.25, 0.3) is 5.69 Å². The van der Waals surface area contributed by atoms with E-state index in [0.717, 1.165) is 11.5 Å². The van der Waals surface area contributed by atoms with Gasteiger partial charge < -0.3 is 5.32 Å². The molecule has 1 amide bonds. The van der Waals surface area contributed by atoms with Crippen molar-refractivity contribution in [1.29, 1.82) is 0 Å². The summed E-state index contributed by atoms with van der Waals surface area (Å²) in [6.45, 7) is 3.93. The molecule has 1 fully saturated rings. The van der Waals surface area contributed by atoms with Gasteiger partial charge in [-0.15, -0.1) is 5.10 Å². The molecule has 0 atom stereocenters. The highest BCUT2D eigenvalue weighted by atomic mass is 32.2. The predicted octanol–water partition coefficient (Wildman–Crippen LogP) is 3.93. The summed E-state index contributed by atoms with van der Waals surface area (Å²) >= 11 is 1.41. The van der Waals surface area contributed by atoms with E-state index in [2.05, 4.69) is 17.4 Å². The molecule has 2 aromatic rings. The summed E-state index contributed by atoms with van der Waals surface area (Å²) in [5.74, 6) is 1.87. The first-order valence-electron chi connectivity index (χ1n) is 9.08. The summed E-state index contributed by atoms with van der Waals surface area (Å²) in [5, 5.41) is 8.29. The highest BCUT2D eigenvalue weighted by Gasteiger charge is 2.23. The normalized spacial score (nSPS) is 15.5. The van der Waals surface area contributed by atoms with Crippen LogP contribution in [0, 0.1) is 0 Å². The first kappa shape index (κ1) is 18.0. The van der Waals surface area contributed by atoms with Gasteiger partial charge in [0.1, 0.15) is 5.82 Å². The zero-order valence-corrected chi connectivity index (χ0v) is 15.8. The van der Waals surface area contributed by atoms with E-state index in [1.54, 1.807) is 0 Å². The quantitative estimate of drug-likeness (QED) is 0.795. The second-order valence-corrected chi connectivity index (χ2v) is 7.79. The van der Waals surface area contributed by atoms with Crippen LogP contribution in [-0.4, -0.2) is 32.5 Å². The molecule has 1 aliphatic rings. The number of thioether (sulfide) groups is 1. The molecular weight excluding hydrogens is 332 g/mol. The Balaban J connectivity index is 1.80. The van der Waals surface area contributed by atoms with E-state index < -0.39 is 0 Å². The topological polar surface area (TPSA) is 59.8 Å². The molecule has 6 heteroatoms. The van der Waals surface area contributed by atoms with Crippen molar-refractivity contribution in [2.75, 3.05) is 5.75 Å². The molecule has 0 spiro atoms. The molecule has 0 unspecified atom stereocenters. The Morgan fingerprint density at radius 3 is 2.64 bits per heavy atom. The number of rotatable bonds is 6. The van der Waals surface area contributed by atoms with Gasteiger partial charge in [0.25, 0.3) is 0 Å². The number of aromatic nitrogens is 3. The average Bonchev–Trinajstić information content (AvgIpc) is 3.05. The highest BCUT2D eigenvalue weighted by Crippen LogP contribution is 2.33. The van der Waals surface area contributed by atoms with Gasteiger partial charge in [-0.1, -0.05) is 49.2 Å². The third kappa shape index (κ3) is 4.84. The molecule has 1 heterocycles. The van der Waals surface area contributed by atoms with Crippen LogP contribution in [0.3, 0.4) is 0 Å². The minimum Gasteiger partial charge on any atom is -0.353 e. The van der Waals surface area contributed by atoms with Crippen LogP contribution < -0.4 is 5.32 Å². The standard InChI is InChI=1S/C19H26N4OS/c1-14(2)20-17(24)13-25-19-21-18(15-9-5-3-6-10-15)23(22-19)16-11-7-4-8-12-16/h4,7-8,11-12,14-15H,3,5-6,9-10,13H2,1-2H3,(H,20,24). The van der Waals surface area contributed by atoms with Gasteiger partial charge in [0.15, 0.2) is 0 Å². The molecule has 1 aliphatic carbocycles. The van der Waals surface area contributed by atoms with E-state index in [4.69, 9.17) is 10.1 Å². The molecule has 134 valence electrons. The summed E-state index contributed by atoms with van der Waals surface area (Å²) < 4.78 is 1.97. The highest BCUT2D eigenvalue weighted by molar-refractivity contribution is 7.99. The number of nitrogens with one attached hydrogen (secondary N) is 1. The second kappa shape index (κ2) is 8.52. The maximum atomic E-state index is 11.9. The van der Waals surface area contributed by atoms with Gasteiger partial charge in [0, 0.05) is 12.0 Å². The van der Waals surface area contributed by atoms with Crippen molar-refractivity contribution in [2.45, 2.75) is 63.1 Å². The van der Waals surface area contributed by atoms with Gasteiger partial charge in [0.05, 0.1) is 11.4 Å². The van der Waals surface area contributed by atoms with Crippen molar-refractivity contribution in [1.82, 2.24) is 20.1 Å².